The summed E-state index contributed by atoms with van der Waals surface area (Å²) in [6, 6.07) is 30.3. The summed E-state index contributed by atoms with van der Waals surface area (Å²) in [7, 11) is 0. The van der Waals surface area contributed by atoms with Crippen molar-refractivity contribution in [2.24, 2.45) is 0 Å². The molecule has 328 valence electrons. The topological polar surface area (TPSA) is 0 Å². The van der Waals surface area contributed by atoms with Crippen LogP contribution in [0.25, 0.3) is 22.3 Å². The molecule has 0 aromatic heterocycles. The number of hydrogen-bond acceptors (Lipinski definition) is 0. The van der Waals surface area contributed by atoms with Crippen molar-refractivity contribution in [3.05, 3.63) is 166 Å². The number of halogens is 2. The Morgan fingerprint density at radius 1 is 0.452 bits per heavy atom. The Hall–Kier alpha value is -2.10. The molecule has 0 radical (unpaired) electrons. The molecule has 4 heteroatoms. The van der Waals surface area contributed by atoms with Gasteiger partial charge < -0.3 is 0 Å². The van der Waals surface area contributed by atoms with Crippen LogP contribution in [0.1, 0.15) is 168 Å². The zero-order valence-corrected chi connectivity index (χ0v) is 49.7. The third-order valence-electron chi connectivity index (χ3n) is 10.1. The minimum Gasteiger partial charge on any atom is -0.273 e. The van der Waals surface area contributed by atoms with E-state index in [1.54, 1.807) is 6.51 Å². The maximum Gasteiger partial charge on any atom is -0.109 e. The second kappa shape index (κ2) is 25.6. The first-order valence-electron chi connectivity index (χ1n) is 21.6. The molecule has 0 saturated heterocycles. The first-order valence-corrected chi connectivity index (χ1v) is 25.2. The molecule has 0 heterocycles. The van der Waals surface area contributed by atoms with Crippen LogP contribution in [-0.2, 0) is 82.3 Å². The van der Waals surface area contributed by atoms with Gasteiger partial charge in [0.2, 0.25) is 0 Å². The normalized spacial score (nSPS) is 13.2. The van der Waals surface area contributed by atoms with Gasteiger partial charge in [0.1, 0.15) is 0 Å². The van der Waals surface area contributed by atoms with E-state index in [4.69, 9.17) is 0 Å². The molecule has 0 fully saturated rings. The van der Waals surface area contributed by atoms with E-state index in [-0.39, 0.29) is 46.5 Å². The quantitative estimate of drug-likeness (QED) is 0.105. The van der Waals surface area contributed by atoms with Crippen LogP contribution in [0, 0.1) is 24.3 Å². The SMILES string of the molecule is CC(C)(C)c1[c-]c2c(cc1)-c1ccc(C(C)(C)C)cc1C2.CC(C)(C)c1[c-]c2c(cc1)-c1ccc(C(C)(C)C)cc1C2.C[C](C)=[Hf+2].C[C](C)=[Hf+2].Cl.Cl.[C-]1=CC=CC1.[C-]1=CC=CC1. The largest absolute Gasteiger partial charge is 0.273 e. The van der Waals surface area contributed by atoms with Crippen LogP contribution >= 0.6 is 24.8 Å². The van der Waals surface area contributed by atoms with Gasteiger partial charge in [0.25, 0.3) is 0 Å². The van der Waals surface area contributed by atoms with Gasteiger partial charge in [0.15, 0.2) is 0 Å². The van der Waals surface area contributed by atoms with Crippen LogP contribution in [-0.4, -0.2) is 6.51 Å². The summed E-state index contributed by atoms with van der Waals surface area (Å²) in [6.45, 7) is 35.8. The van der Waals surface area contributed by atoms with Crippen LogP contribution in [0.2, 0.25) is 0 Å². The van der Waals surface area contributed by atoms with Gasteiger partial charge in [-0.15, -0.1) is 59.9 Å². The maximum absolute atomic E-state index is 3.67. The van der Waals surface area contributed by atoms with E-state index in [1.165, 1.54) is 115 Å². The Morgan fingerprint density at radius 3 is 0.984 bits per heavy atom. The standard InChI is InChI=1S/2C21H25.2C5H5.2C3H6.2ClH.2Hf/c2*1-20(2,3)16-7-9-18-14(12-16)11-15-13-17(21(4,5)6)8-10-19(15)18;2*1-2-4-5-3-1;2*1-3-2;;;;/h2*7-10,12H,11H2,1-6H3;2*1-3H,4H2;2*1-2H3;2*1H;;/q4*-1;;;;;2*+2. The van der Waals surface area contributed by atoms with Crippen molar-refractivity contribution in [2.75, 3.05) is 0 Å². The van der Waals surface area contributed by atoms with E-state index in [1.807, 2.05) is 24.3 Å². The van der Waals surface area contributed by atoms with Crippen molar-refractivity contribution in [1.82, 2.24) is 0 Å². The average molecular weight is 1200 g/mol. The molecule has 0 spiro atoms. The predicted molar refractivity (Wildman–Crippen MR) is 272 cm³/mol. The van der Waals surface area contributed by atoms with E-state index in [2.05, 4.69) is 208 Å². The molecule has 0 amide bonds. The summed E-state index contributed by atoms with van der Waals surface area (Å²) in [5.74, 6) is 0. The third kappa shape index (κ3) is 18.8. The van der Waals surface area contributed by atoms with Crippen LogP contribution in [0.5, 0.6) is 0 Å². The Bertz CT molecular complexity index is 1910. The molecule has 0 aliphatic heterocycles. The van der Waals surface area contributed by atoms with Gasteiger partial charge in [0.05, 0.1) is 0 Å². The fourth-order valence-electron chi connectivity index (χ4n) is 6.74. The van der Waals surface area contributed by atoms with Crippen molar-refractivity contribution in [1.29, 1.82) is 0 Å². The monoisotopic (exact) mass is 1200 g/mol. The molecular formula is C58H74Cl2Hf2. The first kappa shape index (κ1) is 57.9. The Labute approximate surface area is 421 Å². The molecule has 0 nitrogen and oxygen atoms in total. The fourth-order valence-corrected chi connectivity index (χ4v) is 6.74. The van der Waals surface area contributed by atoms with E-state index >= 15 is 0 Å². The van der Waals surface area contributed by atoms with Gasteiger partial charge in [-0.2, -0.15) is 59.7 Å². The summed E-state index contributed by atoms with van der Waals surface area (Å²) in [5, 5.41) is 0. The summed E-state index contributed by atoms with van der Waals surface area (Å²) in [5.41, 5.74) is 17.4. The molecular weight excluding hydrogens is 1120 g/mol. The fraction of sp³-hybridized carbons (Fsp3) is 0.414. The average Bonchev–Trinajstić information content (AvgIpc) is 3.97. The van der Waals surface area contributed by atoms with Crippen LogP contribution in [0.15, 0.2) is 97.1 Å². The van der Waals surface area contributed by atoms with Gasteiger partial charge >= 0.3 is 82.0 Å². The number of fused-ring (bicyclic) bond motifs is 6. The Kier molecular flexibility index (Phi) is 23.9. The Morgan fingerprint density at radius 2 is 0.758 bits per heavy atom. The van der Waals surface area contributed by atoms with Crippen LogP contribution in [0.3, 0.4) is 0 Å². The molecule has 0 N–H and O–H groups in total. The van der Waals surface area contributed by atoms with Crippen LogP contribution in [0.4, 0.5) is 0 Å². The van der Waals surface area contributed by atoms with E-state index in [0.717, 1.165) is 25.7 Å². The van der Waals surface area contributed by atoms with Gasteiger partial charge in [-0.05, 0) is 56.8 Å². The maximum atomic E-state index is 3.67. The van der Waals surface area contributed by atoms with Crippen molar-refractivity contribution in [3.8, 4) is 22.3 Å². The molecule has 0 saturated carbocycles. The number of benzene rings is 4. The van der Waals surface area contributed by atoms with E-state index < -0.39 is 0 Å². The number of rotatable bonds is 0. The molecule has 8 rings (SSSR count). The second-order valence-corrected chi connectivity index (χ2v) is 27.8. The molecule has 4 aromatic rings. The summed E-state index contributed by atoms with van der Waals surface area (Å²) in [6.07, 6.45) is 22.1. The zero-order chi connectivity index (χ0) is 45.1. The van der Waals surface area contributed by atoms with Gasteiger partial charge in [-0.1, -0.05) is 131 Å². The van der Waals surface area contributed by atoms with Gasteiger partial charge in [0, 0.05) is 0 Å². The second-order valence-electron chi connectivity index (χ2n) is 20.6. The third-order valence-corrected chi connectivity index (χ3v) is 10.1. The summed E-state index contributed by atoms with van der Waals surface area (Å²) < 4.78 is 3.11. The molecule has 0 atom stereocenters. The zero-order valence-electron chi connectivity index (χ0n) is 40.9. The van der Waals surface area contributed by atoms with Gasteiger partial charge in [-0.3, -0.25) is 12.2 Å². The molecule has 0 bridgehead atoms. The molecule has 4 aliphatic carbocycles. The minimum absolute atomic E-state index is 0. The molecule has 4 aliphatic rings. The number of allylic oxidation sites excluding steroid dienone is 8. The molecule has 62 heavy (non-hydrogen) atoms. The van der Waals surface area contributed by atoms with Gasteiger partial charge in [-0.25, -0.2) is 24.3 Å². The Balaban J connectivity index is 0.000000434. The molecule has 4 aromatic carbocycles. The van der Waals surface area contributed by atoms with Crippen molar-refractivity contribution < 1.29 is 47.8 Å². The van der Waals surface area contributed by atoms with Crippen LogP contribution < -0.4 is 0 Å². The smallest absolute Gasteiger partial charge is 0.109 e. The van der Waals surface area contributed by atoms with E-state index in [9.17, 15) is 0 Å². The van der Waals surface area contributed by atoms with Crippen molar-refractivity contribution in [3.63, 3.8) is 0 Å². The predicted octanol–water partition coefficient (Wildman–Crippen LogP) is 16.3. The minimum atomic E-state index is 0. The molecule has 0 unspecified atom stereocenters. The first-order chi connectivity index (χ1) is 27.8. The van der Waals surface area contributed by atoms with Crippen molar-refractivity contribution in [2.45, 2.75) is 158 Å². The summed E-state index contributed by atoms with van der Waals surface area (Å²) >= 11 is 2.53. The summed E-state index contributed by atoms with van der Waals surface area (Å²) in [4.78, 5) is 0. The van der Waals surface area contributed by atoms with Crippen molar-refractivity contribution >= 4 is 31.3 Å². The van der Waals surface area contributed by atoms with E-state index in [0.29, 0.717) is 0 Å². The number of hydrogen-bond donors (Lipinski definition) is 0.